The van der Waals surface area contributed by atoms with E-state index in [1.165, 1.54) is 4.90 Å². The van der Waals surface area contributed by atoms with E-state index in [9.17, 15) is 18.0 Å². The van der Waals surface area contributed by atoms with Crippen molar-refractivity contribution in [2.24, 2.45) is 0 Å². The zero-order chi connectivity index (χ0) is 26.9. The van der Waals surface area contributed by atoms with Gasteiger partial charge in [-0.05, 0) is 55.5 Å². The van der Waals surface area contributed by atoms with E-state index >= 15 is 0 Å². The van der Waals surface area contributed by atoms with Crippen LogP contribution in [-0.2, 0) is 26.2 Å². The van der Waals surface area contributed by atoms with Crippen molar-refractivity contribution < 1.29 is 22.7 Å². The molecule has 9 heteroatoms. The third-order valence-corrected chi connectivity index (χ3v) is 7.21. The third-order valence-electron chi connectivity index (χ3n) is 6.10. The Bertz CT molecular complexity index is 1110. The molecule has 2 amide bonds. The fraction of sp³-hybridized carbons (Fsp3) is 0.481. The van der Waals surface area contributed by atoms with Gasteiger partial charge in [0.1, 0.15) is 18.3 Å². The van der Waals surface area contributed by atoms with Crippen LogP contribution in [0.25, 0.3) is 0 Å². The number of rotatable bonds is 13. The van der Waals surface area contributed by atoms with E-state index < -0.39 is 28.5 Å². The SMILES string of the molecule is CCCCNC(=O)C(CC)N(Cc1ccc(OC)cc1)C(=O)CN(c1c(C)cccc1C)S(C)(=O)=O. The lowest BCUT2D eigenvalue weighted by Crippen LogP contribution is -2.52. The fourth-order valence-electron chi connectivity index (χ4n) is 4.13. The highest BCUT2D eigenvalue weighted by Crippen LogP contribution is 2.27. The third kappa shape index (κ3) is 7.71. The number of amides is 2. The van der Waals surface area contributed by atoms with Gasteiger partial charge in [0, 0.05) is 13.1 Å². The lowest BCUT2D eigenvalue weighted by atomic mass is 10.1. The van der Waals surface area contributed by atoms with Crippen molar-refractivity contribution in [3.8, 4) is 5.75 Å². The molecule has 0 fully saturated rings. The summed E-state index contributed by atoms with van der Waals surface area (Å²) in [7, 11) is -2.20. The molecule has 0 saturated carbocycles. The van der Waals surface area contributed by atoms with Crippen LogP contribution in [0, 0.1) is 13.8 Å². The number of hydrogen-bond donors (Lipinski definition) is 1. The van der Waals surface area contributed by atoms with Gasteiger partial charge in [0.25, 0.3) is 0 Å². The van der Waals surface area contributed by atoms with Crippen LogP contribution >= 0.6 is 0 Å². The molecule has 0 aliphatic heterocycles. The minimum absolute atomic E-state index is 0.160. The summed E-state index contributed by atoms with van der Waals surface area (Å²) in [6.07, 6.45) is 3.25. The number of aryl methyl sites for hydroxylation is 2. The number of unbranched alkanes of at least 4 members (excludes halogenated alkanes) is 1. The maximum atomic E-state index is 13.8. The van der Waals surface area contributed by atoms with Gasteiger partial charge in [-0.25, -0.2) is 8.42 Å². The topological polar surface area (TPSA) is 96.0 Å². The van der Waals surface area contributed by atoms with Gasteiger partial charge in [0.15, 0.2) is 0 Å². The number of nitrogens with zero attached hydrogens (tertiary/aromatic N) is 2. The maximum Gasteiger partial charge on any atom is 0.244 e. The van der Waals surface area contributed by atoms with Gasteiger partial charge in [-0.2, -0.15) is 0 Å². The first-order valence-corrected chi connectivity index (χ1v) is 14.1. The molecule has 36 heavy (non-hydrogen) atoms. The van der Waals surface area contributed by atoms with Gasteiger partial charge < -0.3 is 15.0 Å². The molecule has 1 unspecified atom stereocenters. The van der Waals surface area contributed by atoms with Crippen LogP contribution in [-0.4, -0.2) is 57.6 Å². The number of carbonyl (C=O) groups excluding carboxylic acids is 2. The van der Waals surface area contributed by atoms with E-state index in [4.69, 9.17) is 4.74 Å². The molecule has 0 radical (unpaired) electrons. The molecule has 2 rings (SSSR count). The molecule has 1 atom stereocenters. The van der Waals surface area contributed by atoms with E-state index in [1.807, 2.05) is 58.0 Å². The Labute approximate surface area is 215 Å². The van der Waals surface area contributed by atoms with E-state index in [1.54, 1.807) is 19.2 Å². The van der Waals surface area contributed by atoms with Crippen LogP contribution < -0.4 is 14.4 Å². The summed E-state index contributed by atoms with van der Waals surface area (Å²) < 4.78 is 32.0. The average molecular weight is 518 g/mol. The molecule has 0 aliphatic carbocycles. The summed E-state index contributed by atoms with van der Waals surface area (Å²) in [6.45, 7) is 7.79. The molecule has 1 N–H and O–H groups in total. The van der Waals surface area contributed by atoms with Crippen molar-refractivity contribution in [3.05, 3.63) is 59.2 Å². The fourth-order valence-corrected chi connectivity index (χ4v) is 5.09. The van der Waals surface area contributed by atoms with Crippen molar-refractivity contribution in [1.82, 2.24) is 10.2 Å². The van der Waals surface area contributed by atoms with E-state index in [0.717, 1.165) is 40.1 Å². The van der Waals surface area contributed by atoms with Crippen molar-refractivity contribution in [1.29, 1.82) is 0 Å². The quantitative estimate of drug-likeness (QED) is 0.408. The number of para-hydroxylation sites is 1. The molecule has 2 aromatic carbocycles. The smallest absolute Gasteiger partial charge is 0.244 e. The molecule has 0 bridgehead atoms. The highest BCUT2D eigenvalue weighted by Gasteiger charge is 2.32. The number of sulfonamides is 1. The zero-order valence-electron chi connectivity index (χ0n) is 22.2. The molecule has 0 heterocycles. The lowest BCUT2D eigenvalue weighted by molar-refractivity contribution is -0.140. The Morgan fingerprint density at radius 3 is 2.14 bits per heavy atom. The van der Waals surface area contributed by atoms with Crippen LogP contribution in [0.5, 0.6) is 5.75 Å². The van der Waals surface area contributed by atoms with Gasteiger partial charge in [-0.3, -0.25) is 13.9 Å². The van der Waals surface area contributed by atoms with E-state index in [0.29, 0.717) is 24.4 Å². The minimum atomic E-state index is -3.77. The first kappa shape index (κ1) is 29.2. The first-order chi connectivity index (χ1) is 17.0. The van der Waals surface area contributed by atoms with Gasteiger partial charge in [0.05, 0.1) is 19.1 Å². The highest BCUT2D eigenvalue weighted by atomic mass is 32.2. The normalized spacial score (nSPS) is 12.1. The van der Waals surface area contributed by atoms with Gasteiger partial charge in [0.2, 0.25) is 21.8 Å². The van der Waals surface area contributed by atoms with Crippen LogP contribution in [0.15, 0.2) is 42.5 Å². The Hall–Kier alpha value is -3.07. The van der Waals surface area contributed by atoms with E-state index in [-0.39, 0.29) is 12.5 Å². The van der Waals surface area contributed by atoms with Gasteiger partial charge in [-0.15, -0.1) is 0 Å². The van der Waals surface area contributed by atoms with E-state index in [2.05, 4.69) is 5.32 Å². The molecule has 2 aromatic rings. The zero-order valence-corrected chi connectivity index (χ0v) is 23.0. The van der Waals surface area contributed by atoms with Crippen molar-refractivity contribution in [2.75, 3.05) is 30.8 Å². The Kier molecular flexibility index (Phi) is 10.8. The molecule has 0 spiro atoms. The summed E-state index contributed by atoms with van der Waals surface area (Å²) >= 11 is 0. The summed E-state index contributed by atoms with van der Waals surface area (Å²) in [6, 6.07) is 12.0. The second-order valence-electron chi connectivity index (χ2n) is 8.95. The number of anilines is 1. The number of benzene rings is 2. The lowest BCUT2D eigenvalue weighted by Gasteiger charge is -2.33. The maximum absolute atomic E-state index is 13.8. The second kappa shape index (κ2) is 13.3. The number of carbonyl (C=O) groups is 2. The Balaban J connectivity index is 2.45. The molecular formula is C27H39N3O5S. The molecule has 0 aromatic heterocycles. The van der Waals surface area contributed by atoms with Crippen LogP contribution in [0.4, 0.5) is 5.69 Å². The predicted molar refractivity (Wildman–Crippen MR) is 144 cm³/mol. The molecule has 8 nitrogen and oxygen atoms in total. The van der Waals surface area contributed by atoms with Crippen LogP contribution in [0.1, 0.15) is 49.8 Å². The minimum Gasteiger partial charge on any atom is -0.497 e. The Morgan fingerprint density at radius 1 is 1.03 bits per heavy atom. The number of methoxy groups -OCH3 is 1. The number of hydrogen-bond acceptors (Lipinski definition) is 5. The summed E-state index contributed by atoms with van der Waals surface area (Å²) in [5.74, 6) is -0.0126. The second-order valence-corrected chi connectivity index (χ2v) is 10.9. The van der Waals surface area contributed by atoms with Crippen LogP contribution in [0.2, 0.25) is 0 Å². The predicted octanol–water partition coefficient (Wildman–Crippen LogP) is 3.80. The average Bonchev–Trinajstić information content (AvgIpc) is 2.83. The van der Waals surface area contributed by atoms with Gasteiger partial charge in [-0.1, -0.05) is 50.6 Å². The standard InChI is InChI=1S/C27H39N3O5S/c1-7-9-17-28-27(32)24(8-2)29(18-22-13-15-23(35-5)16-14-22)25(31)19-30(36(6,33)34)26-20(3)11-10-12-21(26)4/h10-16,24H,7-9,17-19H2,1-6H3,(H,28,32). The summed E-state index contributed by atoms with van der Waals surface area (Å²) in [4.78, 5) is 28.3. The Morgan fingerprint density at radius 2 is 1.64 bits per heavy atom. The van der Waals surface area contributed by atoms with Crippen molar-refractivity contribution >= 4 is 27.5 Å². The van der Waals surface area contributed by atoms with Crippen molar-refractivity contribution in [3.63, 3.8) is 0 Å². The largest absolute Gasteiger partial charge is 0.497 e. The summed E-state index contributed by atoms with van der Waals surface area (Å²) in [5, 5.41) is 2.92. The van der Waals surface area contributed by atoms with Crippen LogP contribution in [0.3, 0.4) is 0 Å². The summed E-state index contributed by atoms with van der Waals surface area (Å²) in [5.41, 5.74) is 2.79. The molecule has 198 valence electrons. The first-order valence-electron chi connectivity index (χ1n) is 12.3. The number of ether oxygens (including phenoxy) is 1. The van der Waals surface area contributed by atoms with Gasteiger partial charge >= 0.3 is 0 Å². The molecule has 0 saturated heterocycles. The monoisotopic (exact) mass is 517 g/mol. The number of nitrogens with one attached hydrogen (secondary N) is 1. The highest BCUT2D eigenvalue weighted by molar-refractivity contribution is 7.92. The molecular weight excluding hydrogens is 478 g/mol. The van der Waals surface area contributed by atoms with Crippen molar-refractivity contribution in [2.45, 2.75) is 59.5 Å². The molecule has 0 aliphatic rings.